The van der Waals surface area contributed by atoms with Gasteiger partial charge in [-0.25, -0.2) is 0 Å². The fraction of sp³-hybridized carbons (Fsp3) is 1.00. The summed E-state index contributed by atoms with van der Waals surface area (Å²) in [5, 5.41) is 6.82. The molecule has 5 aliphatic rings. The lowest BCUT2D eigenvalue weighted by atomic mass is 9.56. The minimum absolute atomic E-state index is 0.151. The Morgan fingerprint density at radius 3 is 1.75 bits per heavy atom. The van der Waals surface area contributed by atoms with E-state index in [2.05, 4.69) is 10.2 Å². The molecule has 4 heteroatoms. The second-order valence-corrected chi connectivity index (χ2v) is 9.37. The van der Waals surface area contributed by atoms with Gasteiger partial charge in [-0.1, -0.05) is 0 Å². The molecule has 0 spiro atoms. The average Bonchev–Trinajstić information content (AvgIpc) is 2.64. The number of hydrogen-bond donors (Lipinski definition) is 2. The summed E-state index contributed by atoms with van der Waals surface area (Å²) in [6.07, 6.45) is 7.99. The molecule has 4 aliphatic carbocycles. The van der Waals surface area contributed by atoms with Gasteiger partial charge in [-0.05, 0) is 56.3 Å². The van der Waals surface area contributed by atoms with E-state index in [0.717, 1.165) is 30.8 Å². The highest BCUT2D eigenvalue weighted by Gasteiger charge is 2.59. The monoisotopic (exact) mass is 240 g/mol. The molecule has 16 heavy (non-hydrogen) atoms. The molecule has 0 amide bonds. The molecule has 90 valence electrons. The van der Waals surface area contributed by atoms with Crippen LogP contribution in [0.5, 0.6) is 0 Å². The van der Waals surface area contributed by atoms with Gasteiger partial charge in [-0.2, -0.15) is 0 Å². The van der Waals surface area contributed by atoms with Gasteiger partial charge in [0.05, 0.1) is 5.16 Å². The molecule has 2 N–H and O–H groups in total. The van der Waals surface area contributed by atoms with E-state index in [1.54, 1.807) is 0 Å². The normalized spacial score (nSPS) is 53.4. The third-order valence-electron chi connectivity index (χ3n) is 5.47. The van der Waals surface area contributed by atoms with Crippen LogP contribution in [0.25, 0.3) is 0 Å². The lowest BCUT2D eigenvalue weighted by Crippen LogP contribution is -2.52. The smallest absolute Gasteiger partial charge is 0.217 e. The predicted octanol–water partition coefficient (Wildman–Crippen LogP) is 2.34. The fourth-order valence-electron chi connectivity index (χ4n) is 5.27. The van der Waals surface area contributed by atoms with Crippen LogP contribution < -0.4 is 10.2 Å². The molecule has 0 radical (unpaired) electrons. The lowest BCUT2D eigenvalue weighted by molar-refractivity contribution is 0.0319. The Kier molecular flexibility index (Phi) is 1.97. The van der Waals surface area contributed by atoms with Gasteiger partial charge in [-0.15, -0.1) is 0 Å². The van der Waals surface area contributed by atoms with Crippen molar-refractivity contribution in [3.05, 3.63) is 0 Å². The largest absolute Gasteiger partial charge is 0.289 e. The van der Waals surface area contributed by atoms with Gasteiger partial charge in [0.1, 0.15) is 0 Å². The summed E-state index contributed by atoms with van der Waals surface area (Å²) in [5.74, 6) is 2.67. The number of rotatable bonds is 1. The zero-order chi connectivity index (χ0) is 10.8. The Labute approximate surface area is 97.2 Å². The minimum atomic E-state index is -2.27. The summed E-state index contributed by atoms with van der Waals surface area (Å²) >= 11 is 0. The van der Waals surface area contributed by atoms with Crippen molar-refractivity contribution in [2.45, 2.75) is 43.7 Å². The third kappa shape index (κ3) is 1.20. The molecule has 4 saturated carbocycles. The van der Waals surface area contributed by atoms with Gasteiger partial charge in [-0.3, -0.25) is 14.7 Å². The van der Waals surface area contributed by atoms with Crippen LogP contribution in [-0.2, 0) is 4.57 Å². The third-order valence-corrected chi connectivity index (χ3v) is 8.69. The minimum Gasteiger partial charge on any atom is -0.289 e. The summed E-state index contributed by atoms with van der Waals surface area (Å²) in [4.78, 5) is 0. The Balaban J connectivity index is 1.73. The van der Waals surface area contributed by atoms with E-state index < -0.39 is 7.44 Å². The van der Waals surface area contributed by atoms with Crippen LogP contribution in [0.4, 0.5) is 0 Å². The molecule has 1 heterocycles. The molecule has 0 aromatic rings. The molecule has 5 rings (SSSR count). The molecule has 3 nitrogen and oxygen atoms in total. The standard InChI is InChI=1S/C12H21N2OP/c15-16(13-1-2-14-16)12-6-9-3-10(7-12)5-11(4-9)8-12/h9-11H,1-8H2,(H2,13,14,15). The maximum absolute atomic E-state index is 13.0. The van der Waals surface area contributed by atoms with Crippen LogP contribution in [0.2, 0.25) is 0 Å². The average molecular weight is 240 g/mol. The van der Waals surface area contributed by atoms with E-state index in [1.807, 2.05) is 0 Å². The first-order valence-electron chi connectivity index (χ1n) is 6.80. The van der Waals surface area contributed by atoms with Gasteiger partial charge in [0, 0.05) is 13.1 Å². The summed E-state index contributed by atoms with van der Waals surface area (Å²) in [7, 11) is -2.27. The summed E-state index contributed by atoms with van der Waals surface area (Å²) < 4.78 is 13.0. The second kappa shape index (κ2) is 3.13. The van der Waals surface area contributed by atoms with Crippen molar-refractivity contribution in [1.82, 2.24) is 10.2 Å². The Hall–Kier alpha value is 0.150. The van der Waals surface area contributed by atoms with Crippen molar-refractivity contribution in [2.24, 2.45) is 17.8 Å². The summed E-state index contributed by atoms with van der Waals surface area (Å²) in [6, 6.07) is 0. The van der Waals surface area contributed by atoms with E-state index in [4.69, 9.17) is 0 Å². The van der Waals surface area contributed by atoms with E-state index in [-0.39, 0.29) is 5.16 Å². The Bertz CT molecular complexity index is 323. The highest BCUT2D eigenvalue weighted by molar-refractivity contribution is 7.61. The second-order valence-electron chi connectivity index (χ2n) is 6.57. The topological polar surface area (TPSA) is 41.1 Å². The maximum atomic E-state index is 13.0. The van der Waals surface area contributed by atoms with E-state index >= 15 is 0 Å². The zero-order valence-electron chi connectivity index (χ0n) is 9.74. The van der Waals surface area contributed by atoms with Crippen LogP contribution in [0.15, 0.2) is 0 Å². The Morgan fingerprint density at radius 1 is 0.875 bits per heavy atom. The Morgan fingerprint density at radius 2 is 1.31 bits per heavy atom. The molecule has 0 unspecified atom stereocenters. The van der Waals surface area contributed by atoms with Crippen molar-refractivity contribution in [3.8, 4) is 0 Å². The van der Waals surface area contributed by atoms with Crippen LogP contribution in [-0.4, -0.2) is 18.2 Å². The zero-order valence-corrected chi connectivity index (χ0v) is 10.6. The van der Waals surface area contributed by atoms with Gasteiger partial charge in [0.2, 0.25) is 7.44 Å². The predicted molar refractivity (Wildman–Crippen MR) is 64.5 cm³/mol. The lowest BCUT2D eigenvalue weighted by Gasteiger charge is -2.58. The fourth-order valence-corrected chi connectivity index (χ4v) is 8.45. The molecule has 0 atom stereocenters. The van der Waals surface area contributed by atoms with E-state index in [9.17, 15) is 4.57 Å². The molecule has 1 saturated heterocycles. The van der Waals surface area contributed by atoms with Crippen LogP contribution in [0.1, 0.15) is 38.5 Å². The van der Waals surface area contributed by atoms with Gasteiger partial charge in [0.25, 0.3) is 0 Å². The van der Waals surface area contributed by atoms with Gasteiger partial charge >= 0.3 is 0 Å². The van der Waals surface area contributed by atoms with Gasteiger partial charge in [0.15, 0.2) is 0 Å². The molecule has 5 fully saturated rings. The highest BCUT2D eigenvalue weighted by Crippen LogP contribution is 2.69. The first-order chi connectivity index (χ1) is 7.69. The van der Waals surface area contributed by atoms with Crippen LogP contribution >= 0.6 is 7.44 Å². The number of hydrogen-bond acceptors (Lipinski definition) is 1. The van der Waals surface area contributed by atoms with Gasteiger partial charge < -0.3 is 0 Å². The van der Waals surface area contributed by atoms with Crippen LogP contribution in [0, 0.1) is 17.8 Å². The van der Waals surface area contributed by atoms with E-state index in [1.165, 1.54) is 38.5 Å². The van der Waals surface area contributed by atoms with Crippen molar-refractivity contribution < 1.29 is 4.57 Å². The van der Waals surface area contributed by atoms with E-state index in [0.29, 0.717) is 0 Å². The van der Waals surface area contributed by atoms with Crippen molar-refractivity contribution in [2.75, 3.05) is 13.1 Å². The SMILES string of the molecule is O=P1(C23CC4CC(CC(C4)C2)C3)NCCN1. The quantitative estimate of drug-likeness (QED) is 0.691. The summed E-state index contributed by atoms with van der Waals surface area (Å²) in [6.45, 7) is 1.80. The molecule has 0 aromatic carbocycles. The van der Waals surface area contributed by atoms with Crippen LogP contribution in [0.3, 0.4) is 0 Å². The molecular weight excluding hydrogens is 219 g/mol. The molecule has 4 bridgehead atoms. The highest BCUT2D eigenvalue weighted by atomic mass is 31.2. The number of nitrogens with one attached hydrogen (secondary N) is 2. The molecular formula is C12H21N2OP. The van der Waals surface area contributed by atoms with Crippen molar-refractivity contribution >= 4 is 7.44 Å². The van der Waals surface area contributed by atoms with Crippen molar-refractivity contribution in [1.29, 1.82) is 0 Å². The van der Waals surface area contributed by atoms with Crippen molar-refractivity contribution in [3.63, 3.8) is 0 Å². The maximum Gasteiger partial charge on any atom is 0.217 e. The molecule has 0 aromatic heterocycles. The summed E-state index contributed by atoms with van der Waals surface area (Å²) in [5.41, 5.74) is 0. The first-order valence-corrected chi connectivity index (χ1v) is 8.50. The molecule has 1 aliphatic heterocycles. The first kappa shape index (κ1) is 10.1.